The van der Waals surface area contributed by atoms with Gasteiger partial charge in [-0.15, -0.1) is 0 Å². The fourth-order valence-electron chi connectivity index (χ4n) is 1.78. The molecule has 2 nitrogen and oxygen atoms in total. The summed E-state index contributed by atoms with van der Waals surface area (Å²) in [5, 5.41) is 0.626. The van der Waals surface area contributed by atoms with Gasteiger partial charge in [-0.25, -0.2) is 0 Å². The van der Waals surface area contributed by atoms with E-state index in [0.717, 1.165) is 10.9 Å². The lowest BCUT2D eigenvalue weighted by atomic mass is 9.91. The largest absolute Gasteiger partial charge is 0.486 e. The first-order valence-corrected chi connectivity index (χ1v) is 7.58. The molecule has 1 aromatic rings. The van der Waals surface area contributed by atoms with E-state index in [1.54, 1.807) is 0 Å². The maximum Gasteiger partial charge on any atom is 0.139 e. The van der Waals surface area contributed by atoms with Crippen LogP contribution in [0.25, 0.3) is 0 Å². The summed E-state index contributed by atoms with van der Waals surface area (Å²) in [6, 6.07) is 5.59. The maximum absolute atomic E-state index is 6.08. The molecule has 3 unspecified atom stereocenters. The molecule has 17 heavy (non-hydrogen) atoms. The van der Waals surface area contributed by atoms with Gasteiger partial charge in [0.05, 0.1) is 5.02 Å². The average molecular weight is 384 g/mol. The number of ether oxygens (including phenoxy) is 2. The molecule has 0 radical (unpaired) electrons. The normalized spacial score (nSPS) is 27.6. The summed E-state index contributed by atoms with van der Waals surface area (Å²) in [4.78, 5) is 0.373. The molecule has 0 bridgehead atoms. The van der Waals surface area contributed by atoms with E-state index in [-0.39, 0.29) is 12.2 Å². The Bertz CT molecular complexity index is 400. The van der Waals surface area contributed by atoms with Gasteiger partial charge in [-0.3, -0.25) is 0 Å². The molecule has 0 heterocycles. The Balaban J connectivity index is 2.03. The van der Waals surface area contributed by atoms with E-state index < -0.39 is 0 Å². The van der Waals surface area contributed by atoms with Crippen molar-refractivity contribution < 1.29 is 9.47 Å². The van der Waals surface area contributed by atoms with Gasteiger partial charge in [-0.2, -0.15) is 0 Å². The van der Waals surface area contributed by atoms with E-state index in [4.69, 9.17) is 21.1 Å². The zero-order valence-electron chi connectivity index (χ0n) is 9.33. The van der Waals surface area contributed by atoms with Gasteiger partial charge >= 0.3 is 0 Å². The van der Waals surface area contributed by atoms with Crippen molar-refractivity contribution in [2.75, 3.05) is 6.61 Å². The van der Waals surface area contributed by atoms with Crippen molar-refractivity contribution in [1.82, 2.24) is 0 Å². The smallest absolute Gasteiger partial charge is 0.139 e. The van der Waals surface area contributed by atoms with E-state index in [9.17, 15) is 0 Å². The van der Waals surface area contributed by atoms with Gasteiger partial charge in [-0.1, -0.05) is 43.5 Å². The Labute approximate surface area is 123 Å². The second-order valence-corrected chi connectivity index (χ2v) is 6.40. The summed E-state index contributed by atoms with van der Waals surface area (Å²) in [5.74, 6) is 0.704. The lowest BCUT2D eigenvalue weighted by Gasteiger charge is -2.40. The predicted molar refractivity (Wildman–Crippen MR) is 76.3 cm³/mol. The minimum absolute atomic E-state index is 0.0751. The molecule has 0 spiro atoms. The SMILES string of the molecule is CCOC1C(Br)CC1Oc1cc(Br)ccc1Cl. The van der Waals surface area contributed by atoms with Crippen molar-refractivity contribution in [2.24, 2.45) is 0 Å². The van der Waals surface area contributed by atoms with Crippen LogP contribution >= 0.6 is 43.5 Å². The second kappa shape index (κ2) is 5.91. The Morgan fingerprint density at radius 1 is 1.47 bits per heavy atom. The van der Waals surface area contributed by atoms with Crippen LogP contribution in [-0.2, 0) is 4.74 Å². The van der Waals surface area contributed by atoms with E-state index in [1.165, 1.54) is 0 Å². The van der Waals surface area contributed by atoms with E-state index in [0.29, 0.717) is 22.2 Å². The highest BCUT2D eigenvalue weighted by Crippen LogP contribution is 2.37. The third-order valence-corrected chi connectivity index (χ3v) is 4.41. The van der Waals surface area contributed by atoms with Gasteiger partial charge in [0.15, 0.2) is 0 Å². The molecular weight excluding hydrogens is 371 g/mol. The fraction of sp³-hybridized carbons (Fsp3) is 0.500. The quantitative estimate of drug-likeness (QED) is 0.716. The van der Waals surface area contributed by atoms with Crippen molar-refractivity contribution in [2.45, 2.75) is 30.4 Å². The van der Waals surface area contributed by atoms with Gasteiger partial charge in [0.25, 0.3) is 0 Å². The molecule has 0 N–H and O–H groups in total. The monoisotopic (exact) mass is 382 g/mol. The second-order valence-electron chi connectivity index (χ2n) is 3.90. The molecule has 0 amide bonds. The zero-order valence-corrected chi connectivity index (χ0v) is 13.3. The minimum atomic E-state index is 0.0751. The van der Waals surface area contributed by atoms with Gasteiger partial charge < -0.3 is 9.47 Å². The number of rotatable bonds is 4. The summed E-state index contributed by atoms with van der Waals surface area (Å²) in [5.41, 5.74) is 0. The first kappa shape index (κ1) is 13.7. The number of hydrogen-bond acceptors (Lipinski definition) is 2. The molecule has 2 rings (SSSR count). The molecule has 0 aromatic heterocycles. The van der Waals surface area contributed by atoms with Crippen molar-refractivity contribution in [3.8, 4) is 5.75 Å². The first-order valence-electron chi connectivity index (χ1n) is 5.49. The van der Waals surface area contributed by atoms with Gasteiger partial charge in [0.1, 0.15) is 18.0 Å². The average Bonchev–Trinajstić information content (AvgIpc) is 2.30. The molecule has 1 aliphatic carbocycles. The summed E-state index contributed by atoms with van der Waals surface area (Å²) in [6.07, 6.45) is 1.12. The Morgan fingerprint density at radius 2 is 2.24 bits per heavy atom. The molecule has 3 atom stereocenters. The highest BCUT2D eigenvalue weighted by Gasteiger charge is 2.42. The van der Waals surface area contributed by atoms with Crippen LogP contribution in [0.3, 0.4) is 0 Å². The van der Waals surface area contributed by atoms with E-state index in [1.807, 2.05) is 25.1 Å². The lowest BCUT2D eigenvalue weighted by Crippen LogP contribution is -2.52. The van der Waals surface area contributed by atoms with Gasteiger partial charge in [-0.05, 0) is 25.1 Å². The Hall–Kier alpha value is 0.230. The molecule has 1 aromatic carbocycles. The van der Waals surface area contributed by atoms with Crippen molar-refractivity contribution in [3.05, 3.63) is 27.7 Å². The lowest BCUT2D eigenvalue weighted by molar-refractivity contribution is -0.0723. The third kappa shape index (κ3) is 3.16. The van der Waals surface area contributed by atoms with Crippen LogP contribution in [0.5, 0.6) is 5.75 Å². The van der Waals surface area contributed by atoms with Crippen LogP contribution in [-0.4, -0.2) is 23.6 Å². The number of alkyl halides is 1. The molecule has 0 aliphatic heterocycles. The molecule has 1 fully saturated rings. The molecule has 0 saturated heterocycles. The summed E-state index contributed by atoms with van der Waals surface area (Å²) >= 11 is 13.1. The molecule has 1 aliphatic rings. The van der Waals surface area contributed by atoms with Gasteiger partial charge in [0, 0.05) is 22.3 Å². The summed E-state index contributed by atoms with van der Waals surface area (Å²) in [7, 11) is 0. The Morgan fingerprint density at radius 3 is 2.88 bits per heavy atom. The standard InChI is InChI=1S/C12H13Br2ClO2/c1-2-16-12-8(14)6-11(12)17-10-5-7(13)3-4-9(10)15/h3-5,8,11-12H,2,6H2,1H3. The van der Waals surface area contributed by atoms with Crippen LogP contribution in [0.2, 0.25) is 5.02 Å². The minimum Gasteiger partial charge on any atom is -0.486 e. The zero-order chi connectivity index (χ0) is 12.4. The fourth-order valence-corrected chi connectivity index (χ4v) is 3.14. The first-order chi connectivity index (χ1) is 8.11. The van der Waals surface area contributed by atoms with E-state index in [2.05, 4.69) is 31.9 Å². The van der Waals surface area contributed by atoms with Crippen LogP contribution < -0.4 is 4.74 Å². The molecule has 5 heteroatoms. The van der Waals surface area contributed by atoms with Crippen LogP contribution in [0.4, 0.5) is 0 Å². The highest BCUT2D eigenvalue weighted by molar-refractivity contribution is 9.10. The summed E-state index contributed by atoms with van der Waals surface area (Å²) < 4.78 is 12.5. The van der Waals surface area contributed by atoms with Crippen LogP contribution in [0.15, 0.2) is 22.7 Å². The predicted octanol–water partition coefficient (Wildman–Crippen LogP) is 4.42. The molecular formula is C12H13Br2ClO2. The van der Waals surface area contributed by atoms with Crippen molar-refractivity contribution in [1.29, 1.82) is 0 Å². The number of halogens is 3. The Kier molecular flexibility index (Phi) is 4.75. The molecule has 94 valence electrons. The number of hydrogen-bond donors (Lipinski definition) is 0. The van der Waals surface area contributed by atoms with Gasteiger partial charge in [0.2, 0.25) is 0 Å². The molecule has 1 saturated carbocycles. The van der Waals surface area contributed by atoms with Crippen molar-refractivity contribution >= 4 is 43.5 Å². The summed E-state index contributed by atoms with van der Waals surface area (Å²) in [6.45, 7) is 2.68. The third-order valence-electron chi connectivity index (χ3n) is 2.71. The highest BCUT2D eigenvalue weighted by atomic mass is 79.9. The topological polar surface area (TPSA) is 18.5 Å². The maximum atomic E-state index is 6.08. The van der Waals surface area contributed by atoms with Crippen LogP contribution in [0, 0.1) is 0 Å². The number of benzene rings is 1. The van der Waals surface area contributed by atoms with Crippen molar-refractivity contribution in [3.63, 3.8) is 0 Å². The van der Waals surface area contributed by atoms with E-state index >= 15 is 0 Å². The van der Waals surface area contributed by atoms with Crippen LogP contribution in [0.1, 0.15) is 13.3 Å².